The smallest absolute Gasteiger partial charge is 0.419 e. The second-order valence-electron chi connectivity index (χ2n) is 7.38. The van der Waals surface area contributed by atoms with Crippen LogP contribution in [0.4, 0.5) is 24.5 Å². The summed E-state index contributed by atoms with van der Waals surface area (Å²) in [6, 6.07) is 6.75. The Morgan fingerprint density at radius 1 is 1.21 bits per heavy atom. The van der Waals surface area contributed by atoms with Crippen molar-refractivity contribution in [1.82, 2.24) is 0 Å². The minimum absolute atomic E-state index is 0.0517. The first-order chi connectivity index (χ1) is 15.3. The maximum atomic E-state index is 13.4. The maximum absolute atomic E-state index is 13.4. The highest BCUT2D eigenvalue weighted by Crippen LogP contribution is 2.41. The van der Waals surface area contributed by atoms with Gasteiger partial charge in [-0.25, -0.2) is 8.42 Å². The summed E-state index contributed by atoms with van der Waals surface area (Å²) in [7, 11) is -4.53. The molecule has 7 nitrogen and oxygen atoms in total. The van der Waals surface area contributed by atoms with Crippen LogP contribution in [0.3, 0.4) is 0 Å². The third-order valence-electron chi connectivity index (χ3n) is 4.68. The number of hydrogen-bond donors (Lipinski definition) is 3. The maximum Gasteiger partial charge on any atom is 0.419 e. The van der Waals surface area contributed by atoms with Crippen molar-refractivity contribution in [2.75, 3.05) is 23.3 Å². The lowest BCUT2D eigenvalue weighted by Crippen LogP contribution is -2.29. The summed E-state index contributed by atoms with van der Waals surface area (Å²) in [5, 5.41) is 11.3. The Labute approximate surface area is 195 Å². The van der Waals surface area contributed by atoms with E-state index in [9.17, 15) is 31.5 Å². The Hall–Kier alpha value is -2.50. The van der Waals surface area contributed by atoms with E-state index in [1.54, 1.807) is 20.8 Å². The Morgan fingerprint density at radius 3 is 2.42 bits per heavy atom. The number of rotatable bonds is 9. The summed E-state index contributed by atoms with van der Waals surface area (Å²) >= 11 is 5.66. The molecular weight excluding hydrogens is 485 g/mol. The topological polar surface area (TPSA) is 105 Å². The van der Waals surface area contributed by atoms with Crippen LogP contribution in [-0.4, -0.2) is 32.6 Å². The highest BCUT2D eigenvalue weighted by atomic mass is 35.5. The molecule has 0 saturated carbocycles. The number of nitrogens with one attached hydrogen (secondary N) is 2. The van der Waals surface area contributed by atoms with Crippen LogP contribution >= 0.6 is 11.6 Å². The predicted octanol–water partition coefficient (Wildman–Crippen LogP) is 4.76. The largest absolute Gasteiger partial charge is 0.492 e. The molecule has 1 atom stereocenters. The van der Waals surface area contributed by atoms with Crippen molar-refractivity contribution in [3.8, 4) is 5.75 Å². The molecule has 0 radical (unpaired) electrons. The van der Waals surface area contributed by atoms with Crippen molar-refractivity contribution in [3.05, 3.63) is 47.0 Å². The first-order valence-electron chi connectivity index (χ1n) is 9.88. The predicted molar refractivity (Wildman–Crippen MR) is 119 cm³/mol. The fourth-order valence-electron chi connectivity index (χ4n) is 3.00. The second-order valence-corrected chi connectivity index (χ2v) is 9.44. The van der Waals surface area contributed by atoms with E-state index in [1.165, 1.54) is 18.2 Å². The first-order valence-corrected chi connectivity index (χ1v) is 11.7. The number of hydrogen-bond acceptors (Lipinski definition) is 5. The van der Waals surface area contributed by atoms with E-state index in [0.717, 1.165) is 18.2 Å². The molecule has 0 saturated heterocycles. The van der Waals surface area contributed by atoms with Gasteiger partial charge in [-0.2, -0.15) is 13.2 Å². The van der Waals surface area contributed by atoms with E-state index >= 15 is 0 Å². The Balaban J connectivity index is 2.44. The summed E-state index contributed by atoms with van der Waals surface area (Å²) in [5.74, 6) is -1.49. The Kier molecular flexibility index (Phi) is 8.61. The molecular formula is C21H24ClF3N2O5S. The molecule has 1 amide bonds. The van der Waals surface area contributed by atoms with Crippen molar-refractivity contribution in [2.45, 2.75) is 31.8 Å². The van der Waals surface area contributed by atoms with Crippen LogP contribution in [0.2, 0.25) is 5.02 Å². The fraction of sp³-hybridized carbons (Fsp3) is 0.381. The summed E-state index contributed by atoms with van der Waals surface area (Å²) in [4.78, 5) is 11.9. The van der Waals surface area contributed by atoms with Gasteiger partial charge in [0.2, 0.25) is 5.91 Å². The second kappa shape index (κ2) is 10.6. The van der Waals surface area contributed by atoms with Crippen molar-refractivity contribution >= 4 is 38.9 Å². The van der Waals surface area contributed by atoms with Crippen molar-refractivity contribution in [2.24, 2.45) is 11.8 Å². The van der Waals surface area contributed by atoms with Crippen molar-refractivity contribution in [1.29, 1.82) is 0 Å². The molecule has 2 aromatic rings. The Morgan fingerprint density at radius 2 is 1.88 bits per heavy atom. The Bertz CT molecular complexity index is 1110. The summed E-state index contributed by atoms with van der Waals surface area (Å²) in [5.41, 5.74) is -1.86. The van der Waals surface area contributed by atoms with Gasteiger partial charge in [-0.15, -0.1) is 0 Å². The van der Waals surface area contributed by atoms with Gasteiger partial charge in [0.05, 0.1) is 35.4 Å². The third kappa shape index (κ3) is 6.52. The molecule has 2 rings (SSSR count). The number of aliphatic hydroxyl groups excluding tert-OH is 1. The minimum Gasteiger partial charge on any atom is -0.492 e. The molecule has 12 heteroatoms. The lowest BCUT2D eigenvalue weighted by molar-refractivity contribution is -0.136. The highest BCUT2D eigenvalue weighted by molar-refractivity contribution is 7.92. The van der Waals surface area contributed by atoms with Crippen LogP contribution in [0.25, 0.3) is 0 Å². The molecule has 0 aromatic heterocycles. The molecule has 33 heavy (non-hydrogen) atoms. The third-order valence-corrected chi connectivity index (χ3v) is 6.40. The number of amides is 1. The molecule has 0 fully saturated rings. The molecule has 182 valence electrons. The average molecular weight is 509 g/mol. The standard InChI is InChI=1S/C21H24ClF3N2O5S/c1-4-32-17-10-13(26-20(29)14(11-28)12(2)3)8-9-18(17)33(30,31)27-16-7-5-6-15(22)19(16)21(23,24)25/h5-10,12,14,27-28H,4,11H2,1-3H3,(H,26,29)/t14-/m0/s1. The SMILES string of the molecule is CCOc1cc(NC(=O)[C@@H](CO)C(C)C)ccc1S(=O)(=O)Nc1cccc(Cl)c1C(F)(F)F. The van der Waals surface area contributed by atoms with Gasteiger partial charge in [0.25, 0.3) is 10.0 Å². The van der Waals surface area contributed by atoms with Gasteiger partial charge in [0.1, 0.15) is 10.6 Å². The quantitative estimate of drug-likeness (QED) is 0.453. The summed E-state index contributed by atoms with van der Waals surface area (Å²) in [6.07, 6.45) is -4.90. The number of anilines is 2. The monoisotopic (exact) mass is 508 g/mol. The van der Waals surface area contributed by atoms with Gasteiger partial charge in [-0.3, -0.25) is 9.52 Å². The van der Waals surface area contributed by atoms with Crippen molar-refractivity contribution < 1.29 is 36.2 Å². The zero-order valence-corrected chi connectivity index (χ0v) is 19.6. The van der Waals surface area contributed by atoms with Gasteiger partial charge in [0.15, 0.2) is 0 Å². The minimum atomic E-state index is -4.90. The number of carbonyl (C=O) groups is 1. The van der Waals surface area contributed by atoms with Crippen molar-refractivity contribution in [3.63, 3.8) is 0 Å². The van der Waals surface area contributed by atoms with E-state index in [-0.39, 0.29) is 30.6 Å². The number of benzene rings is 2. The first kappa shape index (κ1) is 26.7. The van der Waals surface area contributed by atoms with E-state index in [2.05, 4.69) is 5.32 Å². The lowest BCUT2D eigenvalue weighted by Gasteiger charge is -2.19. The molecule has 3 N–H and O–H groups in total. The van der Waals surface area contributed by atoms with Crippen LogP contribution < -0.4 is 14.8 Å². The molecule has 0 heterocycles. The van der Waals surface area contributed by atoms with E-state index in [4.69, 9.17) is 16.3 Å². The number of halogens is 4. The molecule has 0 aliphatic rings. The van der Waals surface area contributed by atoms with Crippen LogP contribution in [0.5, 0.6) is 5.75 Å². The van der Waals surface area contributed by atoms with Gasteiger partial charge >= 0.3 is 6.18 Å². The zero-order chi connectivity index (χ0) is 25.0. The fourth-order valence-corrected chi connectivity index (χ4v) is 4.49. The van der Waals surface area contributed by atoms with Crippen LogP contribution in [0, 0.1) is 11.8 Å². The molecule has 0 spiro atoms. The van der Waals surface area contributed by atoms with Gasteiger partial charge < -0.3 is 15.2 Å². The summed E-state index contributed by atoms with van der Waals surface area (Å²) in [6.45, 7) is 4.79. The molecule has 0 aliphatic heterocycles. The number of carbonyl (C=O) groups excluding carboxylic acids is 1. The summed E-state index contributed by atoms with van der Waals surface area (Å²) < 4.78 is 73.4. The highest BCUT2D eigenvalue weighted by Gasteiger charge is 2.37. The normalized spacial score (nSPS) is 13.0. The number of aliphatic hydroxyl groups is 1. The average Bonchev–Trinajstić information content (AvgIpc) is 2.67. The van der Waals surface area contributed by atoms with Gasteiger partial charge in [0, 0.05) is 11.8 Å². The number of ether oxygens (including phenoxy) is 1. The molecule has 0 aliphatic carbocycles. The van der Waals surface area contributed by atoms with Crippen LogP contribution in [0.15, 0.2) is 41.3 Å². The number of alkyl halides is 3. The molecule has 2 aromatic carbocycles. The van der Waals surface area contributed by atoms with Crippen LogP contribution in [0.1, 0.15) is 26.3 Å². The molecule has 0 unspecified atom stereocenters. The van der Waals surface area contributed by atoms with E-state index in [1.807, 2.05) is 4.72 Å². The van der Waals surface area contributed by atoms with Gasteiger partial charge in [-0.1, -0.05) is 31.5 Å². The van der Waals surface area contributed by atoms with Crippen LogP contribution in [-0.2, 0) is 21.0 Å². The van der Waals surface area contributed by atoms with E-state index in [0.29, 0.717) is 0 Å². The lowest BCUT2D eigenvalue weighted by atomic mass is 9.96. The molecule has 0 bridgehead atoms. The van der Waals surface area contributed by atoms with Gasteiger partial charge in [-0.05, 0) is 37.1 Å². The zero-order valence-electron chi connectivity index (χ0n) is 18.0. The number of sulfonamides is 1. The van der Waals surface area contributed by atoms with E-state index < -0.39 is 49.2 Å².